The average Bonchev–Trinajstić information content (AvgIpc) is 2.85. The molecule has 0 saturated carbocycles. The third-order valence-electron chi connectivity index (χ3n) is 3.44. The van der Waals surface area contributed by atoms with Crippen LogP contribution in [0.1, 0.15) is 18.1 Å². The first kappa shape index (κ1) is 14.8. The molecule has 1 aliphatic rings. The second-order valence-electron chi connectivity index (χ2n) is 4.48. The Morgan fingerprint density at radius 3 is 2.47 bits per heavy atom. The minimum Gasteiger partial charge on any atom is -0.356 e. The van der Waals surface area contributed by atoms with Crippen molar-refractivity contribution in [3.8, 4) is 0 Å². The first-order valence-corrected chi connectivity index (χ1v) is 6.57. The van der Waals surface area contributed by atoms with Crippen LogP contribution in [-0.2, 0) is 18.9 Å². The molecule has 0 amide bonds. The molecular weight excluding hydrogens is 268 g/mol. The summed E-state index contributed by atoms with van der Waals surface area (Å²) in [7, 11) is 4.88. The molecule has 0 unspecified atom stereocenters. The van der Waals surface area contributed by atoms with Gasteiger partial charge in [0, 0.05) is 38.7 Å². The van der Waals surface area contributed by atoms with E-state index in [1.807, 2.05) is 24.3 Å². The summed E-state index contributed by atoms with van der Waals surface area (Å²) in [6.07, 6.45) is -0.0947. The van der Waals surface area contributed by atoms with Gasteiger partial charge in [-0.2, -0.15) is 0 Å². The minimum absolute atomic E-state index is 0.0415. The second-order valence-corrected chi connectivity index (χ2v) is 4.89. The number of halogens is 1. The molecule has 1 saturated heterocycles. The zero-order chi connectivity index (χ0) is 13.8. The van der Waals surface area contributed by atoms with Crippen molar-refractivity contribution in [2.24, 2.45) is 5.92 Å². The van der Waals surface area contributed by atoms with Gasteiger partial charge in [0.2, 0.25) is 0 Å². The van der Waals surface area contributed by atoms with Crippen molar-refractivity contribution in [2.75, 3.05) is 21.3 Å². The van der Waals surface area contributed by atoms with Gasteiger partial charge in [0.05, 0.1) is 6.10 Å². The number of hydrogen-bond donors (Lipinski definition) is 0. The lowest BCUT2D eigenvalue weighted by molar-refractivity contribution is -0.155. The highest BCUT2D eigenvalue weighted by Crippen LogP contribution is 2.43. The predicted molar refractivity (Wildman–Crippen MR) is 72.0 cm³/mol. The standard InChI is InChI=1S/C14H19ClO4/c1-16-12-8-10(14(17-2)18-3)13(19-12)9-6-4-5-7-11(9)15/h4-7,10,12-14H,8H2,1-3H3/t10-,12+,13-/m0/s1. The third kappa shape index (κ3) is 3.09. The molecule has 1 fully saturated rings. The molecule has 1 aliphatic heterocycles. The van der Waals surface area contributed by atoms with E-state index >= 15 is 0 Å². The molecule has 1 aromatic carbocycles. The summed E-state index contributed by atoms with van der Waals surface area (Å²) < 4.78 is 21.9. The molecule has 1 aromatic rings. The van der Waals surface area contributed by atoms with Crippen LogP contribution in [0.25, 0.3) is 0 Å². The highest BCUT2D eigenvalue weighted by molar-refractivity contribution is 6.31. The molecule has 0 aromatic heterocycles. The Morgan fingerprint density at radius 1 is 1.21 bits per heavy atom. The molecule has 0 aliphatic carbocycles. The molecule has 2 rings (SSSR count). The van der Waals surface area contributed by atoms with Crippen LogP contribution in [0.3, 0.4) is 0 Å². The smallest absolute Gasteiger partial charge is 0.162 e. The summed E-state index contributed by atoms with van der Waals surface area (Å²) in [5.74, 6) is 0.0415. The summed E-state index contributed by atoms with van der Waals surface area (Å²) in [6.45, 7) is 0. The topological polar surface area (TPSA) is 36.9 Å². The van der Waals surface area contributed by atoms with Gasteiger partial charge >= 0.3 is 0 Å². The van der Waals surface area contributed by atoms with Crippen LogP contribution < -0.4 is 0 Å². The van der Waals surface area contributed by atoms with Crippen LogP contribution in [0.5, 0.6) is 0 Å². The normalized spacial score (nSPS) is 27.1. The van der Waals surface area contributed by atoms with Gasteiger partial charge in [-0.25, -0.2) is 0 Å². The highest BCUT2D eigenvalue weighted by atomic mass is 35.5. The van der Waals surface area contributed by atoms with Gasteiger partial charge < -0.3 is 18.9 Å². The van der Waals surface area contributed by atoms with Crippen molar-refractivity contribution >= 4 is 11.6 Å². The van der Waals surface area contributed by atoms with Gasteiger partial charge in [0.15, 0.2) is 12.6 Å². The number of rotatable bonds is 5. The molecule has 0 N–H and O–H groups in total. The Bertz CT molecular complexity index is 408. The number of hydrogen-bond acceptors (Lipinski definition) is 4. The molecule has 0 spiro atoms. The maximum absolute atomic E-state index is 6.25. The van der Waals surface area contributed by atoms with Gasteiger partial charge in [-0.1, -0.05) is 29.8 Å². The molecular formula is C14H19ClO4. The predicted octanol–water partition coefficient (Wildman–Crippen LogP) is 3.01. The maximum atomic E-state index is 6.25. The lowest BCUT2D eigenvalue weighted by atomic mass is 9.94. The summed E-state index contributed by atoms with van der Waals surface area (Å²) in [5.41, 5.74) is 0.938. The summed E-state index contributed by atoms with van der Waals surface area (Å²) in [5, 5.41) is 0.681. The van der Waals surface area contributed by atoms with E-state index in [1.165, 1.54) is 0 Å². The monoisotopic (exact) mass is 286 g/mol. The minimum atomic E-state index is -0.346. The number of benzene rings is 1. The summed E-state index contributed by atoms with van der Waals surface area (Å²) in [6, 6.07) is 7.65. The van der Waals surface area contributed by atoms with Crippen LogP contribution in [-0.4, -0.2) is 33.9 Å². The van der Waals surface area contributed by atoms with E-state index in [1.54, 1.807) is 21.3 Å². The third-order valence-corrected chi connectivity index (χ3v) is 3.78. The quantitative estimate of drug-likeness (QED) is 0.780. The molecule has 0 bridgehead atoms. The Balaban J connectivity index is 2.27. The molecule has 1 heterocycles. The van der Waals surface area contributed by atoms with Gasteiger partial charge in [-0.3, -0.25) is 0 Å². The van der Waals surface area contributed by atoms with E-state index < -0.39 is 0 Å². The largest absolute Gasteiger partial charge is 0.356 e. The summed E-state index contributed by atoms with van der Waals surface area (Å²) >= 11 is 6.25. The van der Waals surface area contributed by atoms with Gasteiger partial charge in [0.25, 0.3) is 0 Å². The first-order valence-electron chi connectivity index (χ1n) is 6.19. The fourth-order valence-corrected chi connectivity index (χ4v) is 2.77. The van der Waals surface area contributed by atoms with Crippen molar-refractivity contribution in [2.45, 2.75) is 25.1 Å². The van der Waals surface area contributed by atoms with Crippen LogP contribution in [0, 0.1) is 5.92 Å². The average molecular weight is 287 g/mol. The van der Waals surface area contributed by atoms with Crippen molar-refractivity contribution in [1.82, 2.24) is 0 Å². The van der Waals surface area contributed by atoms with Crippen molar-refractivity contribution in [3.63, 3.8) is 0 Å². The molecule has 5 heteroatoms. The van der Waals surface area contributed by atoms with E-state index in [4.69, 9.17) is 30.5 Å². The Labute approximate surface area is 118 Å². The van der Waals surface area contributed by atoms with Crippen LogP contribution >= 0.6 is 11.6 Å². The Morgan fingerprint density at radius 2 is 1.89 bits per heavy atom. The molecule has 3 atom stereocenters. The van der Waals surface area contributed by atoms with E-state index in [9.17, 15) is 0 Å². The van der Waals surface area contributed by atoms with Gasteiger partial charge in [0.1, 0.15) is 0 Å². The highest BCUT2D eigenvalue weighted by Gasteiger charge is 2.42. The Hall–Kier alpha value is -0.650. The van der Waals surface area contributed by atoms with Crippen molar-refractivity contribution < 1.29 is 18.9 Å². The van der Waals surface area contributed by atoms with Crippen molar-refractivity contribution in [1.29, 1.82) is 0 Å². The maximum Gasteiger partial charge on any atom is 0.162 e. The van der Waals surface area contributed by atoms with Gasteiger partial charge in [-0.05, 0) is 11.6 Å². The van der Waals surface area contributed by atoms with E-state index in [0.717, 1.165) is 5.56 Å². The van der Waals surface area contributed by atoms with Crippen molar-refractivity contribution in [3.05, 3.63) is 34.9 Å². The zero-order valence-electron chi connectivity index (χ0n) is 11.3. The van der Waals surface area contributed by atoms with Gasteiger partial charge in [-0.15, -0.1) is 0 Å². The van der Waals surface area contributed by atoms with Crippen LogP contribution in [0.15, 0.2) is 24.3 Å². The molecule has 0 radical (unpaired) electrons. The lowest BCUT2D eigenvalue weighted by Gasteiger charge is -2.25. The fourth-order valence-electron chi connectivity index (χ4n) is 2.53. The molecule has 106 valence electrons. The van der Waals surface area contributed by atoms with Crippen LogP contribution in [0.2, 0.25) is 5.02 Å². The lowest BCUT2D eigenvalue weighted by Crippen LogP contribution is -2.27. The molecule has 4 nitrogen and oxygen atoms in total. The zero-order valence-corrected chi connectivity index (χ0v) is 12.1. The van der Waals surface area contributed by atoms with E-state index in [2.05, 4.69) is 0 Å². The fraction of sp³-hybridized carbons (Fsp3) is 0.571. The van der Waals surface area contributed by atoms with E-state index in [-0.39, 0.29) is 24.6 Å². The van der Waals surface area contributed by atoms with Crippen LogP contribution in [0.4, 0.5) is 0 Å². The summed E-state index contributed by atoms with van der Waals surface area (Å²) in [4.78, 5) is 0. The Kier molecular flexibility index (Phi) is 5.19. The number of ether oxygens (including phenoxy) is 4. The van der Waals surface area contributed by atoms with E-state index in [0.29, 0.717) is 11.4 Å². The number of methoxy groups -OCH3 is 3. The molecule has 19 heavy (non-hydrogen) atoms. The second kappa shape index (κ2) is 6.68. The SMILES string of the molecule is COC(OC)[C@H]1C[C@H](OC)O[C@H]1c1ccccc1Cl. The first-order chi connectivity index (χ1) is 9.21.